The Kier molecular flexibility index (Phi) is 10.4. The van der Waals surface area contributed by atoms with Gasteiger partial charge in [-0.1, -0.05) is 6.08 Å². The number of rotatable bonds is 10. The Balaban J connectivity index is 1.39. The number of carbonyl (C=O) groups is 4. The maximum absolute atomic E-state index is 14.5. The Morgan fingerprint density at radius 3 is 2.44 bits per heavy atom. The van der Waals surface area contributed by atoms with E-state index in [0.29, 0.717) is 30.7 Å². The number of thiophene rings is 1. The molecule has 236 valence electrons. The highest BCUT2D eigenvalue weighted by molar-refractivity contribution is 7.80. The fourth-order valence-corrected chi connectivity index (χ4v) is 9.21. The molecule has 43 heavy (non-hydrogen) atoms. The Bertz CT molecular complexity index is 1240. The van der Waals surface area contributed by atoms with Crippen LogP contribution < -0.4 is 10.2 Å². The zero-order valence-corrected chi connectivity index (χ0v) is 27.3. The first-order valence-electron chi connectivity index (χ1n) is 16.2. The fraction of sp³-hybridized carbons (Fsp3) is 0.697. The normalized spacial score (nSPS) is 28.5. The predicted molar refractivity (Wildman–Crippen MR) is 174 cm³/mol. The highest BCUT2D eigenvalue weighted by atomic mass is 32.1. The van der Waals surface area contributed by atoms with E-state index < -0.39 is 5.97 Å². The number of carboxylic acids is 1. The summed E-state index contributed by atoms with van der Waals surface area (Å²) < 4.78 is 0. The van der Waals surface area contributed by atoms with E-state index in [1.165, 1.54) is 16.9 Å². The lowest BCUT2D eigenvalue weighted by Crippen LogP contribution is -2.50. The summed E-state index contributed by atoms with van der Waals surface area (Å²) in [6, 6.07) is 1.76. The second-order valence-corrected chi connectivity index (χ2v) is 14.6. The Morgan fingerprint density at radius 2 is 1.88 bits per heavy atom. The molecular formula is C33H47N3O5S2. The van der Waals surface area contributed by atoms with Crippen molar-refractivity contribution in [1.82, 2.24) is 10.2 Å². The van der Waals surface area contributed by atoms with Gasteiger partial charge in [-0.3, -0.25) is 14.4 Å². The van der Waals surface area contributed by atoms with Crippen LogP contribution in [0.1, 0.15) is 112 Å². The molecule has 3 aliphatic carbocycles. The average molecular weight is 630 g/mol. The van der Waals surface area contributed by atoms with Gasteiger partial charge in [-0.05, 0) is 108 Å². The smallest absolute Gasteiger partial charge is 0.348 e. The van der Waals surface area contributed by atoms with E-state index in [0.717, 1.165) is 82.2 Å². The zero-order chi connectivity index (χ0) is 30.7. The molecule has 3 fully saturated rings. The molecule has 0 bridgehead atoms. The summed E-state index contributed by atoms with van der Waals surface area (Å²) in [4.78, 5) is 56.7. The van der Waals surface area contributed by atoms with Gasteiger partial charge in [-0.25, -0.2) is 4.79 Å². The van der Waals surface area contributed by atoms with Crippen molar-refractivity contribution < 1.29 is 24.3 Å². The number of amides is 2. The fourth-order valence-electron chi connectivity index (χ4n) is 7.79. The maximum Gasteiger partial charge on any atom is 0.348 e. The van der Waals surface area contributed by atoms with E-state index in [1.54, 1.807) is 6.92 Å². The molecule has 2 N–H and O–H groups in total. The summed E-state index contributed by atoms with van der Waals surface area (Å²) in [5, 5.41) is 13.8. The number of ketones is 1. The quantitative estimate of drug-likeness (QED) is 0.276. The number of carbonyl (C=O) groups excluding carboxylic acids is 3. The van der Waals surface area contributed by atoms with Crippen molar-refractivity contribution in [1.29, 1.82) is 0 Å². The van der Waals surface area contributed by atoms with Gasteiger partial charge in [0.1, 0.15) is 10.7 Å². The zero-order valence-electron chi connectivity index (χ0n) is 25.6. The molecule has 5 rings (SSSR count). The van der Waals surface area contributed by atoms with Gasteiger partial charge in [-0.2, -0.15) is 12.6 Å². The number of allylic oxidation sites excluding steroid dienone is 2. The van der Waals surface area contributed by atoms with Crippen molar-refractivity contribution >= 4 is 58.8 Å². The topological polar surface area (TPSA) is 107 Å². The van der Waals surface area contributed by atoms with E-state index in [-0.39, 0.29) is 51.9 Å². The van der Waals surface area contributed by atoms with Gasteiger partial charge in [0.15, 0.2) is 0 Å². The minimum Gasteiger partial charge on any atom is -0.477 e. The number of likely N-dealkylation sites (tertiary alicyclic amines) is 1. The number of hydrogen-bond acceptors (Lipinski definition) is 7. The molecule has 1 aromatic rings. The number of nitrogens with zero attached hydrogens (tertiary/aromatic N) is 2. The molecule has 2 saturated carbocycles. The first-order chi connectivity index (χ1) is 20.6. The van der Waals surface area contributed by atoms with Crippen molar-refractivity contribution in [2.75, 3.05) is 23.7 Å². The summed E-state index contributed by atoms with van der Waals surface area (Å²) in [7, 11) is 0. The minimum absolute atomic E-state index is 0.0267. The van der Waals surface area contributed by atoms with Gasteiger partial charge in [0, 0.05) is 48.1 Å². The van der Waals surface area contributed by atoms with E-state index in [9.17, 15) is 24.3 Å². The van der Waals surface area contributed by atoms with Crippen LogP contribution >= 0.6 is 24.0 Å². The predicted octanol–water partition coefficient (Wildman–Crippen LogP) is 5.95. The first-order valence-corrected chi connectivity index (χ1v) is 17.6. The molecule has 2 amide bonds. The van der Waals surface area contributed by atoms with Crippen molar-refractivity contribution in [3.05, 3.63) is 21.9 Å². The van der Waals surface area contributed by atoms with Gasteiger partial charge in [-0.15, -0.1) is 11.3 Å². The monoisotopic (exact) mass is 629 g/mol. The largest absolute Gasteiger partial charge is 0.477 e. The molecule has 2 heterocycles. The molecule has 1 saturated heterocycles. The standard InChI is InChI=1S/C33H47N3O5S2/c1-3-35-20-33(18-29(35)38)15-13-25(14-16-33)36(27-17-28(43-30(27)32(40)41)22-7-5-4-6-8-22)31(39)23-9-11-24(12-10-23)34-26(19-42)21(2)37/h7,17,23-26,34,42H,3-6,8-16,18-20H2,1-2H3,(H,40,41)/t23?,24?,25?,26-,33?/m0/s1. The summed E-state index contributed by atoms with van der Waals surface area (Å²) >= 11 is 5.63. The molecule has 1 aromatic heterocycles. The number of carboxylic acid groups (broad SMARTS) is 1. The Hall–Kier alpha value is -2.17. The average Bonchev–Trinajstić information content (AvgIpc) is 3.59. The van der Waals surface area contributed by atoms with Crippen LogP contribution in [-0.2, 0) is 14.4 Å². The third-order valence-corrected chi connectivity index (χ3v) is 11.9. The molecule has 8 nitrogen and oxygen atoms in total. The Morgan fingerprint density at radius 1 is 1.16 bits per heavy atom. The maximum atomic E-state index is 14.5. The van der Waals surface area contributed by atoms with E-state index >= 15 is 0 Å². The lowest BCUT2D eigenvalue weighted by Gasteiger charge is -2.43. The van der Waals surface area contributed by atoms with E-state index in [4.69, 9.17) is 0 Å². The highest BCUT2D eigenvalue weighted by Crippen LogP contribution is 2.48. The number of thiol groups is 1. The van der Waals surface area contributed by atoms with E-state index in [1.807, 2.05) is 22.8 Å². The summed E-state index contributed by atoms with van der Waals surface area (Å²) in [6.45, 7) is 5.11. The molecule has 0 unspecified atom stereocenters. The molecule has 1 aliphatic heterocycles. The molecular weight excluding hydrogens is 583 g/mol. The summed E-state index contributed by atoms with van der Waals surface area (Å²) in [6.07, 6.45) is 13.2. The van der Waals surface area contributed by atoms with Gasteiger partial charge in [0.2, 0.25) is 11.8 Å². The molecule has 0 radical (unpaired) electrons. The number of nitrogens with one attached hydrogen (secondary N) is 1. The number of aromatic carboxylic acids is 1. The van der Waals surface area contributed by atoms with Crippen LogP contribution in [0.4, 0.5) is 5.69 Å². The number of anilines is 1. The molecule has 4 aliphatic rings. The third-order valence-electron chi connectivity index (χ3n) is 10.4. The van der Waals surface area contributed by atoms with Gasteiger partial charge >= 0.3 is 5.97 Å². The third kappa shape index (κ3) is 7.06. The number of hydrogen-bond donors (Lipinski definition) is 3. The van der Waals surface area contributed by atoms with Crippen molar-refractivity contribution in [2.24, 2.45) is 11.3 Å². The first kappa shape index (κ1) is 32.2. The van der Waals surface area contributed by atoms with Gasteiger partial charge in [0.25, 0.3) is 0 Å². The van der Waals surface area contributed by atoms with Gasteiger partial charge < -0.3 is 20.2 Å². The highest BCUT2D eigenvalue weighted by Gasteiger charge is 2.47. The molecule has 1 atom stereocenters. The Labute approximate surface area is 265 Å². The van der Waals surface area contributed by atoms with Crippen molar-refractivity contribution in [3.8, 4) is 0 Å². The lowest BCUT2D eigenvalue weighted by molar-refractivity contribution is -0.128. The molecule has 1 spiro atoms. The van der Waals surface area contributed by atoms with Crippen LogP contribution in [0.25, 0.3) is 5.57 Å². The summed E-state index contributed by atoms with van der Waals surface area (Å²) in [5.74, 6) is -0.407. The van der Waals surface area contributed by atoms with Crippen LogP contribution in [0, 0.1) is 11.3 Å². The molecule has 10 heteroatoms. The lowest BCUT2D eigenvalue weighted by atomic mass is 9.71. The van der Waals surface area contributed by atoms with Crippen LogP contribution in [0.15, 0.2) is 12.1 Å². The van der Waals surface area contributed by atoms with E-state index in [2.05, 4.69) is 24.0 Å². The van der Waals surface area contributed by atoms with Crippen LogP contribution in [0.3, 0.4) is 0 Å². The minimum atomic E-state index is -0.984. The summed E-state index contributed by atoms with van der Waals surface area (Å²) in [5.41, 5.74) is 1.71. The van der Waals surface area contributed by atoms with Crippen molar-refractivity contribution in [2.45, 2.75) is 115 Å². The van der Waals surface area contributed by atoms with Crippen LogP contribution in [0.2, 0.25) is 0 Å². The SMILES string of the molecule is CCN1CC2(CCC(N(C(=O)C3CCC(N[C@@H](CS)C(C)=O)CC3)c3cc(C4=CCCCC4)sc3C(=O)O)CC2)CC1=O. The second kappa shape index (κ2) is 13.9. The van der Waals surface area contributed by atoms with Crippen molar-refractivity contribution in [3.63, 3.8) is 0 Å². The molecule has 0 aromatic carbocycles. The van der Waals surface area contributed by atoms with Crippen LogP contribution in [0.5, 0.6) is 0 Å². The second-order valence-electron chi connectivity index (χ2n) is 13.2. The van der Waals surface area contributed by atoms with Crippen LogP contribution in [-0.4, -0.2) is 70.5 Å². The van der Waals surface area contributed by atoms with Gasteiger partial charge in [0.05, 0.1) is 11.7 Å². The number of Topliss-reactive ketones (excluding diaryl/α,β-unsaturated/α-hetero) is 1.